The van der Waals surface area contributed by atoms with E-state index < -0.39 is 16.5 Å². The van der Waals surface area contributed by atoms with Crippen LogP contribution < -0.4 is 11.1 Å². The van der Waals surface area contributed by atoms with Gasteiger partial charge in [-0.15, -0.1) is 0 Å². The van der Waals surface area contributed by atoms with Gasteiger partial charge in [-0.1, -0.05) is 12.1 Å². The van der Waals surface area contributed by atoms with Crippen LogP contribution in [0.2, 0.25) is 0 Å². The number of benzene rings is 2. The highest BCUT2D eigenvalue weighted by atomic mass is 79.9. The van der Waals surface area contributed by atoms with E-state index in [0.29, 0.717) is 10.2 Å². The molecule has 0 heterocycles. The summed E-state index contributed by atoms with van der Waals surface area (Å²) in [5.41, 5.74) is 6.61. The number of aryl methyl sites for hydroxylation is 1. The van der Waals surface area contributed by atoms with Crippen molar-refractivity contribution in [1.29, 1.82) is 0 Å². The van der Waals surface area contributed by atoms with E-state index in [1.54, 1.807) is 6.07 Å². The lowest BCUT2D eigenvalue weighted by molar-refractivity contribution is -0.384. The third-order valence-electron chi connectivity index (χ3n) is 2.87. The van der Waals surface area contributed by atoms with Crippen molar-refractivity contribution in [2.24, 2.45) is 0 Å². The smallest absolute Gasteiger partial charge is 0.304 e. The Kier molecular flexibility index (Phi) is 4.23. The standard InChI is InChI=1S/C14H12BrN3O3/c1-8-5-6-12(10(15)7-8)17-14(19)9-3-2-4-11(16)13(9)18(20)21/h2-7H,16H2,1H3,(H,17,19). The first-order valence-corrected chi connectivity index (χ1v) is 6.80. The monoisotopic (exact) mass is 349 g/mol. The number of carbonyl (C=O) groups excluding carboxylic acids is 1. The topological polar surface area (TPSA) is 98.3 Å². The SMILES string of the molecule is Cc1ccc(NC(=O)c2cccc(N)c2[N+](=O)[O-])c(Br)c1. The predicted molar refractivity (Wildman–Crippen MR) is 84.3 cm³/mol. The molecule has 0 fully saturated rings. The molecule has 6 nitrogen and oxygen atoms in total. The maximum Gasteiger partial charge on any atom is 0.304 e. The minimum Gasteiger partial charge on any atom is -0.393 e. The number of halogens is 1. The summed E-state index contributed by atoms with van der Waals surface area (Å²) in [5.74, 6) is -0.585. The summed E-state index contributed by atoms with van der Waals surface area (Å²) in [5, 5.41) is 13.7. The minimum atomic E-state index is -0.658. The largest absolute Gasteiger partial charge is 0.393 e. The van der Waals surface area contributed by atoms with E-state index in [0.717, 1.165) is 5.56 Å². The quantitative estimate of drug-likeness (QED) is 0.503. The Morgan fingerprint density at radius 1 is 1.33 bits per heavy atom. The second-order valence-electron chi connectivity index (χ2n) is 4.44. The minimum absolute atomic E-state index is 0.0457. The second kappa shape index (κ2) is 5.92. The van der Waals surface area contributed by atoms with Gasteiger partial charge in [0.2, 0.25) is 0 Å². The molecule has 0 radical (unpaired) electrons. The van der Waals surface area contributed by atoms with Crippen LogP contribution in [0.4, 0.5) is 17.1 Å². The number of amides is 1. The summed E-state index contributed by atoms with van der Waals surface area (Å²) < 4.78 is 0.697. The molecule has 1 amide bonds. The summed E-state index contributed by atoms with van der Waals surface area (Å²) in [4.78, 5) is 22.6. The van der Waals surface area contributed by atoms with Crippen molar-refractivity contribution in [3.63, 3.8) is 0 Å². The second-order valence-corrected chi connectivity index (χ2v) is 5.29. The summed E-state index contributed by atoms with van der Waals surface area (Å²) in [6.07, 6.45) is 0. The zero-order chi connectivity index (χ0) is 15.6. The van der Waals surface area contributed by atoms with Gasteiger partial charge in [0, 0.05) is 4.47 Å². The van der Waals surface area contributed by atoms with Crippen LogP contribution in [0.5, 0.6) is 0 Å². The van der Waals surface area contributed by atoms with Crippen molar-refractivity contribution in [3.05, 3.63) is 62.1 Å². The number of carbonyl (C=O) groups is 1. The van der Waals surface area contributed by atoms with Gasteiger partial charge in [-0.05, 0) is 52.7 Å². The first-order chi connectivity index (χ1) is 9.90. The molecule has 2 aromatic rings. The Morgan fingerprint density at radius 2 is 2.05 bits per heavy atom. The maximum atomic E-state index is 12.2. The molecular weight excluding hydrogens is 338 g/mol. The Bertz CT molecular complexity index is 731. The molecule has 0 aliphatic rings. The number of rotatable bonds is 3. The number of nitrogen functional groups attached to an aromatic ring is 1. The average molecular weight is 350 g/mol. The molecule has 2 rings (SSSR count). The number of para-hydroxylation sites is 1. The van der Waals surface area contributed by atoms with Crippen molar-refractivity contribution in [3.8, 4) is 0 Å². The van der Waals surface area contributed by atoms with Gasteiger partial charge < -0.3 is 11.1 Å². The molecule has 3 N–H and O–H groups in total. The first-order valence-electron chi connectivity index (χ1n) is 6.00. The third kappa shape index (κ3) is 3.19. The number of nitrogens with zero attached hydrogens (tertiary/aromatic N) is 1. The number of anilines is 2. The van der Waals surface area contributed by atoms with Gasteiger partial charge >= 0.3 is 5.69 Å². The van der Waals surface area contributed by atoms with Gasteiger partial charge in [0.15, 0.2) is 0 Å². The van der Waals surface area contributed by atoms with E-state index in [-0.39, 0.29) is 11.3 Å². The number of nitro groups is 1. The molecule has 0 unspecified atom stereocenters. The van der Waals surface area contributed by atoms with Gasteiger partial charge in [-0.3, -0.25) is 14.9 Å². The molecule has 0 saturated carbocycles. The molecule has 0 atom stereocenters. The van der Waals surface area contributed by atoms with Crippen molar-refractivity contribution in [2.75, 3.05) is 11.1 Å². The number of nitro benzene ring substituents is 1. The molecule has 0 aliphatic carbocycles. The van der Waals surface area contributed by atoms with Crippen LogP contribution in [0, 0.1) is 17.0 Å². The normalized spacial score (nSPS) is 10.2. The highest BCUT2D eigenvalue weighted by molar-refractivity contribution is 9.10. The van der Waals surface area contributed by atoms with Crippen LogP contribution in [-0.4, -0.2) is 10.8 Å². The summed E-state index contributed by atoms with van der Waals surface area (Å²) >= 11 is 3.34. The van der Waals surface area contributed by atoms with Gasteiger partial charge in [0.25, 0.3) is 5.91 Å². The van der Waals surface area contributed by atoms with Crippen molar-refractivity contribution >= 4 is 38.9 Å². The predicted octanol–water partition coefficient (Wildman–Crippen LogP) is 3.50. The zero-order valence-electron chi connectivity index (χ0n) is 11.1. The molecule has 0 saturated heterocycles. The van der Waals surface area contributed by atoms with E-state index in [1.165, 1.54) is 18.2 Å². The average Bonchev–Trinajstić information content (AvgIpc) is 2.41. The molecule has 2 aromatic carbocycles. The fourth-order valence-electron chi connectivity index (χ4n) is 1.86. The highest BCUT2D eigenvalue weighted by Gasteiger charge is 2.23. The van der Waals surface area contributed by atoms with E-state index >= 15 is 0 Å². The van der Waals surface area contributed by atoms with E-state index in [4.69, 9.17) is 5.73 Å². The van der Waals surface area contributed by atoms with Crippen LogP contribution in [-0.2, 0) is 0 Å². The lowest BCUT2D eigenvalue weighted by atomic mass is 10.1. The fourth-order valence-corrected chi connectivity index (χ4v) is 2.45. The van der Waals surface area contributed by atoms with E-state index in [1.807, 2.05) is 19.1 Å². The lowest BCUT2D eigenvalue weighted by Gasteiger charge is -2.09. The molecule has 7 heteroatoms. The molecular formula is C14H12BrN3O3. The molecule has 0 aromatic heterocycles. The van der Waals surface area contributed by atoms with E-state index in [9.17, 15) is 14.9 Å². The van der Waals surface area contributed by atoms with Crippen LogP contribution in [0.15, 0.2) is 40.9 Å². The Hall–Kier alpha value is -2.41. The fraction of sp³-hybridized carbons (Fsp3) is 0.0714. The highest BCUT2D eigenvalue weighted by Crippen LogP contribution is 2.28. The maximum absolute atomic E-state index is 12.2. The Morgan fingerprint density at radius 3 is 2.67 bits per heavy atom. The van der Waals surface area contributed by atoms with Crippen LogP contribution in [0.25, 0.3) is 0 Å². The van der Waals surface area contributed by atoms with Crippen LogP contribution in [0.1, 0.15) is 15.9 Å². The van der Waals surface area contributed by atoms with E-state index in [2.05, 4.69) is 21.2 Å². The van der Waals surface area contributed by atoms with Crippen LogP contribution in [0.3, 0.4) is 0 Å². The number of hydrogen-bond acceptors (Lipinski definition) is 4. The van der Waals surface area contributed by atoms with Gasteiger partial charge in [-0.25, -0.2) is 0 Å². The summed E-state index contributed by atoms with van der Waals surface area (Å²) in [6, 6.07) is 9.64. The van der Waals surface area contributed by atoms with Gasteiger partial charge in [0.05, 0.1) is 10.6 Å². The van der Waals surface area contributed by atoms with Gasteiger partial charge in [0.1, 0.15) is 11.3 Å². The lowest BCUT2D eigenvalue weighted by Crippen LogP contribution is -2.15. The third-order valence-corrected chi connectivity index (χ3v) is 3.52. The molecule has 0 spiro atoms. The van der Waals surface area contributed by atoms with Crippen LogP contribution >= 0.6 is 15.9 Å². The van der Waals surface area contributed by atoms with Crippen molar-refractivity contribution < 1.29 is 9.72 Å². The molecule has 108 valence electrons. The number of nitrogens with one attached hydrogen (secondary N) is 1. The number of nitrogens with two attached hydrogens (primary N) is 1. The molecule has 21 heavy (non-hydrogen) atoms. The van der Waals surface area contributed by atoms with Gasteiger partial charge in [-0.2, -0.15) is 0 Å². The van der Waals surface area contributed by atoms with Crippen molar-refractivity contribution in [2.45, 2.75) is 6.92 Å². The summed E-state index contributed by atoms with van der Waals surface area (Å²) in [6.45, 7) is 1.92. The molecule has 0 aliphatic heterocycles. The molecule has 0 bridgehead atoms. The Balaban J connectivity index is 2.37. The Labute approximate surface area is 129 Å². The summed E-state index contributed by atoms with van der Waals surface area (Å²) in [7, 11) is 0. The zero-order valence-corrected chi connectivity index (χ0v) is 12.7. The first kappa shape index (κ1) is 15.0. The number of hydrogen-bond donors (Lipinski definition) is 2. The van der Waals surface area contributed by atoms with Crippen molar-refractivity contribution in [1.82, 2.24) is 0 Å².